The minimum absolute atomic E-state index is 0.0556. The summed E-state index contributed by atoms with van der Waals surface area (Å²) in [6, 6.07) is 2.73. The average molecular weight is 260 g/mol. The zero-order valence-electron chi connectivity index (χ0n) is 11.2. The van der Waals surface area contributed by atoms with E-state index in [-0.39, 0.29) is 11.9 Å². The number of hydrogen-bond acceptors (Lipinski definition) is 4. The Hall–Kier alpha value is -1.62. The van der Waals surface area contributed by atoms with Crippen LogP contribution >= 0.6 is 0 Å². The fraction of sp³-hybridized carbons (Fsp3) is 0.571. The lowest BCUT2D eigenvalue weighted by atomic mass is 10.1. The third-order valence-corrected chi connectivity index (χ3v) is 3.97. The maximum atomic E-state index is 12.2. The largest absolute Gasteiger partial charge is 0.397 e. The van der Waals surface area contributed by atoms with E-state index >= 15 is 0 Å². The molecule has 1 atom stereocenters. The van der Waals surface area contributed by atoms with Gasteiger partial charge in [-0.15, -0.1) is 0 Å². The van der Waals surface area contributed by atoms with E-state index in [0.29, 0.717) is 11.3 Å². The fourth-order valence-electron chi connectivity index (χ4n) is 2.72. The number of nitrogens with zero attached hydrogens (tertiary/aromatic N) is 2. The maximum absolute atomic E-state index is 12.2. The van der Waals surface area contributed by atoms with Crippen molar-refractivity contribution in [3.63, 3.8) is 0 Å². The molecular weight excluding hydrogens is 240 g/mol. The van der Waals surface area contributed by atoms with Gasteiger partial charge in [-0.3, -0.25) is 14.7 Å². The maximum Gasteiger partial charge on any atom is 0.253 e. The van der Waals surface area contributed by atoms with Gasteiger partial charge in [0.1, 0.15) is 0 Å². The number of pyridine rings is 1. The number of rotatable bonds is 3. The molecule has 1 unspecified atom stereocenters. The van der Waals surface area contributed by atoms with Gasteiger partial charge in [-0.25, -0.2) is 0 Å². The first kappa shape index (κ1) is 12.4. The van der Waals surface area contributed by atoms with E-state index in [0.717, 1.165) is 31.2 Å². The van der Waals surface area contributed by atoms with E-state index in [9.17, 15) is 4.79 Å². The summed E-state index contributed by atoms with van der Waals surface area (Å²) in [5.41, 5.74) is 7.54. The summed E-state index contributed by atoms with van der Waals surface area (Å²) >= 11 is 0. The SMILES string of the molecule is Cc1ncc(N)cc1C(=O)NC1CCN(C2CC2)C1. The van der Waals surface area contributed by atoms with Crippen LogP contribution in [0.15, 0.2) is 12.3 Å². The first-order chi connectivity index (χ1) is 9.13. The van der Waals surface area contributed by atoms with Crippen molar-refractivity contribution < 1.29 is 4.79 Å². The van der Waals surface area contributed by atoms with Crippen LogP contribution in [0.5, 0.6) is 0 Å². The number of nitrogens with one attached hydrogen (secondary N) is 1. The molecule has 2 fully saturated rings. The normalized spacial score (nSPS) is 23.5. The Morgan fingerprint density at radius 1 is 1.47 bits per heavy atom. The summed E-state index contributed by atoms with van der Waals surface area (Å²) in [5, 5.41) is 3.10. The highest BCUT2D eigenvalue weighted by Crippen LogP contribution is 2.29. The van der Waals surface area contributed by atoms with Crippen LogP contribution in [-0.2, 0) is 0 Å². The van der Waals surface area contributed by atoms with Gasteiger partial charge >= 0.3 is 0 Å². The Labute approximate surface area is 113 Å². The molecule has 1 saturated heterocycles. The molecule has 1 aromatic heterocycles. The van der Waals surface area contributed by atoms with Gasteiger partial charge in [0.15, 0.2) is 0 Å². The first-order valence-electron chi connectivity index (χ1n) is 6.90. The van der Waals surface area contributed by atoms with Crippen LogP contribution in [0.2, 0.25) is 0 Å². The third-order valence-electron chi connectivity index (χ3n) is 3.97. The standard InChI is InChI=1S/C14H20N4O/c1-9-13(6-10(15)7-16-9)14(19)17-11-4-5-18(8-11)12-2-3-12/h6-7,11-12H,2-5,8,15H2,1H3,(H,17,19). The molecule has 3 N–H and O–H groups in total. The second-order valence-corrected chi connectivity index (χ2v) is 5.59. The molecule has 0 bridgehead atoms. The predicted octanol–water partition coefficient (Wildman–Crippen LogP) is 0.939. The van der Waals surface area contributed by atoms with Crippen LogP contribution in [0.25, 0.3) is 0 Å². The summed E-state index contributed by atoms with van der Waals surface area (Å²) in [4.78, 5) is 18.9. The Balaban J connectivity index is 1.63. The number of nitrogens with two attached hydrogens (primary N) is 1. The monoisotopic (exact) mass is 260 g/mol. The number of carbonyl (C=O) groups is 1. The zero-order chi connectivity index (χ0) is 13.4. The molecule has 1 aliphatic heterocycles. The topological polar surface area (TPSA) is 71.2 Å². The highest BCUT2D eigenvalue weighted by Gasteiger charge is 2.34. The first-order valence-corrected chi connectivity index (χ1v) is 6.90. The molecule has 5 nitrogen and oxygen atoms in total. The van der Waals surface area contributed by atoms with Gasteiger partial charge in [0.05, 0.1) is 23.1 Å². The minimum Gasteiger partial charge on any atom is -0.397 e. The van der Waals surface area contributed by atoms with Gasteiger partial charge in [0.2, 0.25) is 0 Å². The molecule has 19 heavy (non-hydrogen) atoms. The number of aromatic nitrogens is 1. The Bertz CT molecular complexity index is 498. The average Bonchev–Trinajstić information content (AvgIpc) is 3.13. The number of aryl methyl sites for hydroxylation is 1. The van der Waals surface area contributed by atoms with Crippen molar-refractivity contribution in [2.75, 3.05) is 18.8 Å². The molecular formula is C14H20N4O. The summed E-state index contributed by atoms with van der Waals surface area (Å²) < 4.78 is 0. The zero-order valence-corrected chi connectivity index (χ0v) is 11.2. The molecule has 0 aromatic carbocycles. The van der Waals surface area contributed by atoms with E-state index < -0.39 is 0 Å². The van der Waals surface area contributed by atoms with Gasteiger partial charge in [-0.05, 0) is 32.3 Å². The lowest BCUT2D eigenvalue weighted by Gasteiger charge is -2.16. The molecule has 1 saturated carbocycles. The van der Waals surface area contributed by atoms with Gasteiger partial charge < -0.3 is 11.1 Å². The van der Waals surface area contributed by atoms with Crippen molar-refractivity contribution in [2.45, 2.75) is 38.3 Å². The Morgan fingerprint density at radius 2 is 2.26 bits per heavy atom. The summed E-state index contributed by atoms with van der Waals surface area (Å²) in [7, 11) is 0. The molecule has 102 valence electrons. The highest BCUT2D eigenvalue weighted by molar-refractivity contribution is 5.96. The number of hydrogen-bond donors (Lipinski definition) is 2. The van der Waals surface area contributed by atoms with Crippen molar-refractivity contribution in [2.24, 2.45) is 0 Å². The van der Waals surface area contributed by atoms with Gasteiger partial charge in [0, 0.05) is 25.2 Å². The van der Waals surface area contributed by atoms with E-state index in [1.165, 1.54) is 12.8 Å². The smallest absolute Gasteiger partial charge is 0.253 e. The molecule has 2 heterocycles. The molecule has 0 radical (unpaired) electrons. The number of carbonyl (C=O) groups excluding carboxylic acids is 1. The number of likely N-dealkylation sites (tertiary alicyclic amines) is 1. The fourth-order valence-corrected chi connectivity index (χ4v) is 2.72. The van der Waals surface area contributed by atoms with E-state index in [1.807, 2.05) is 6.92 Å². The minimum atomic E-state index is -0.0556. The van der Waals surface area contributed by atoms with E-state index in [4.69, 9.17) is 5.73 Å². The second-order valence-electron chi connectivity index (χ2n) is 5.59. The summed E-state index contributed by atoms with van der Waals surface area (Å²) in [6.07, 6.45) is 5.26. The van der Waals surface area contributed by atoms with Crippen LogP contribution < -0.4 is 11.1 Å². The van der Waals surface area contributed by atoms with Crippen molar-refractivity contribution in [1.29, 1.82) is 0 Å². The van der Waals surface area contributed by atoms with Crippen LogP contribution in [0.3, 0.4) is 0 Å². The van der Waals surface area contributed by atoms with Crippen LogP contribution in [0.4, 0.5) is 5.69 Å². The summed E-state index contributed by atoms with van der Waals surface area (Å²) in [6.45, 7) is 3.91. The molecule has 0 spiro atoms. The highest BCUT2D eigenvalue weighted by atomic mass is 16.1. The van der Waals surface area contributed by atoms with Crippen molar-refractivity contribution in [3.05, 3.63) is 23.5 Å². The van der Waals surface area contributed by atoms with Gasteiger partial charge in [-0.1, -0.05) is 0 Å². The predicted molar refractivity (Wildman–Crippen MR) is 73.9 cm³/mol. The van der Waals surface area contributed by atoms with E-state index in [1.54, 1.807) is 12.3 Å². The van der Waals surface area contributed by atoms with Crippen LogP contribution in [-0.4, -0.2) is 41.0 Å². The molecule has 2 aliphatic rings. The quantitative estimate of drug-likeness (QED) is 0.848. The summed E-state index contributed by atoms with van der Waals surface area (Å²) in [5.74, 6) is -0.0556. The number of anilines is 1. The Kier molecular flexibility index (Phi) is 3.14. The van der Waals surface area contributed by atoms with Crippen molar-refractivity contribution in [3.8, 4) is 0 Å². The Morgan fingerprint density at radius 3 is 3.00 bits per heavy atom. The van der Waals surface area contributed by atoms with E-state index in [2.05, 4.69) is 15.2 Å². The molecule has 1 amide bonds. The third kappa shape index (κ3) is 2.71. The molecule has 1 aromatic rings. The van der Waals surface area contributed by atoms with Crippen molar-refractivity contribution in [1.82, 2.24) is 15.2 Å². The molecule has 3 rings (SSSR count). The van der Waals surface area contributed by atoms with Crippen LogP contribution in [0, 0.1) is 6.92 Å². The number of amides is 1. The van der Waals surface area contributed by atoms with Gasteiger partial charge in [-0.2, -0.15) is 0 Å². The van der Waals surface area contributed by atoms with Crippen molar-refractivity contribution >= 4 is 11.6 Å². The molecule has 5 heteroatoms. The lowest BCUT2D eigenvalue weighted by Crippen LogP contribution is -2.37. The number of nitrogen functional groups attached to an aromatic ring is 1. The lowest BCUT2D eigenvalue weighted by molar-refractivity contribution is 0.0936. The van der Waals surface area contributed by atoms with Crippen LogP contribution in [0.1, 0.15) is 35.3 Å². The molecule has 1 aliphatic carbocycles. The second kappa shape index (κ2) is 4.81. The van der Waals surface area contributed by atoms with Gasteiger partial charge in [0.25, 0.3) is 5.91 Å².